The third-order valence-corrected chi connectivity index (χ3v) is 3.14. The van der Waals surface area contributed by atoms with E-state index in [2.05, 4.69) is 0 Å². The predicted molar refractivity (Wildman–Crippen MR) is 60.8 cm³/mol. The van der Waals surface area contributed by atoms with Crippen molar-refractivity contribution in [3.05, 3.63) is 40.1 Å². The monoisotopic (exact) mass is 226 g/mol. The van der Waals surface area contributed by atoms with Gasteiger partial charge in [0.1, 0.15) is 21.9 Å². The molecule has 0 aliphatic rings. The Bertz CT molecular complexity index is 602. The zero-order chi connectivity index (χ0) is 11.5. The van der Waals surface area contributed by atoms with Gasteiger partial charge < -0.3 is 5.11 Å². The highest BCUT2D eigenvalue weighted by atomic mass is 32.1. The topological polar surface area (TPSA) is 67.8 Å². The van der Waals surface area contributed by atoms with Crippen LogP contribution in [0.3, 0.4) is 0 Å². The summed E-state index contributed by atoms with van der Waals surface area (Å²) in [5.74, 6) is -0.102. The lowest BCUT2D eigenvalue weighted by Gasteiger charge is -1.99. The van der Waals surface area contributed by atoms with Crippen LogP contribution in [-0.2, 0) is 0 Å². The van der Waals surface area contributed by atoms with Crippen molar-refractivity contribution in [2.75, 3.05) is 0 Å². The van der Waals surface area contributed by atoms with Crippen molar-refractivity contribution >= 4 is 11.3 Å². The molecule has 76 valence electrons. The molecule has 0 atom stereocenters. The summed E-state index contributed by atoms with van der Waals surface area (Å²) in [7, 11) is 0. The largest absolute Gasteiger partial charge is 0.505 e. The Morgan fingerprint density at radius 1 is 1.00 bits per heavy atom. The van der Waals surface area contributed by atoms with Crippen molar-refractivity contribution in [2.24, 2.45) is 0 Å². The summed E-state index contributed by atoms with van der Waals surface area (Å²) in [4.78, 5) is 0.538. The van der Waals surface area contributed by atoms with Crippen LogP contribution in [0.1, 0.15) is 9.75 Å². The molecule has 0 radical (unpaired) electrons. The molecular formula is C12H6N2OS. The molecule has 16 heavy (non-hydrogen) atoms. The Balaban J connectivity index is 2.71. The quantitative estimate of drug-likeness (QED) is 0.812. The fourth-order valence-corrected chi connectivity index (χ4v) is 2.26. The summed E-state index contributed by atoms with van der Waals surface area (Å²) in [6.07, 6.45) is 0. The van der Waals surface area contributed by atoms with Gasteiger partial charge in [-0.2, -0.15) is 10.5 Å². The normalized spacial score (nSPS) is 9.38. The average Bonchev–Trinajstić information content (AvgIpc) is 2.66. The molecule has 4 heteroatoms. The number of nitriles is 2. The third-order valence-electron chi connectivity index (χ3n) is 2.15. The minimum atomic E-state index is -0.102. The van der Waals surface area contributed by atoms with Gasteiger partial charge in [-0.05, 0) is 5.56 Å². The van der Waals surface area contributed by atoms with Gasteiger partial charge in [0.2, 0.25) is 0 Å². The fourth-order valence-electron chi connectivity index (χ4n) is 1.45. The second-order valence-corrected chi connectivity index (χ2v) is 4.09. The van der Waals surface area contributed by atoms with Crippen molar-refractivity contribution in [3.63, 3.8) is 0 Å². The Kier molecular flexibility index (Phi) is 2.59. The molecule has 2 rings (SSSR count). The van der Waals surface area contributed by atoms with E-state index in [1.807, 2.05) is 30.3 Å². The molecule has 1 aromatic carbocycles. The molecule has 0 aliphatic carbocycles. The SMILES string of the molecule is N#Cc1sc(C#N)c(-c2ccccc2)c1O. The Labute approximate surface area is 96.4 Å². The Hall–Kier alpha value is -2.30. The molecule has 0 spiro atoms. The number of aromatic hydroxyl groups is 1. The van der Waals surface area contributed by atoms with Crippen LogP contribution in [0, 0.1) is 22.7 Å². The second-order valence-electron chi connectivity index (χ2n) is 3.07. The molecule has 1 heterocycles. The lowest BCUT2D eigenvalue weighted by Crippen LogP contribution is -1.77. The van der Waals surface area contributed by atoms with Crippen molar-refractivity contribution in [3.8, 4) is 29.0 Å². The summed E-state index contributed by atoms with van der Waals surface area (Å²) < 4.78 is 0. The van der Waals surface area contributed by atoms with E-state index in [1.165, 1.54) is 0 Å². The maximum atomic E-state index is 9.83. The van der Waals surface area contributed by atoms with Crippen molar-refractivity contribution < 1.29 is 5.11 Å². The molecule has 0 saturated heterocycles. The average molecular weight is 226 g/mol. The molecule has 3 nitrogen and oxygen atoms in total. The van der Waals surface area contributed by atoms with E-state index < -0.39 is 0 Å². The summed E-state index contributed by atoms with van der Waals surface area (Å²) in [6, 6.07) is 13.0. The van der Waals surface area contributed by atoms with Crippen molar-refractivity contribution in [1.29, 1.82) is 10.5 Å². The maximum Gasteiger partial charge on any atom is 0.153 e. The van der Waals surface area contributed by atoms with Crippen LogP contribution in [0.2, 0.25) is 0 Å². The van der Waals surface area contributed by atoms with Gasteiger partial charge in [-0.1, -0.05) is 30.3 Å². The van der Waals surface area contributed by atoms with E-state index in [4.69, 9.17) is 10.5 Å². The predicted octanol–water partition coefficient (Wildman–Crippen LogP) is 2.86. The number of thiophene rings is 1. The summed E-state index contributed by atoms with van der Waals surface area (Å²) in [6.45, 7) is 0. The molecule has 0 unspecified atom stereocenters. The van der Waals surface area contributed by atoms with E-state index in [1.54, 1.807) is 12.1 Å². The highest BCUT2D eigenvalue weighted by molar-refractivity contribution is 7.14. The van der Waals surface area contributed by atoms with E-state index >= 15 is 0 Å². The van der Waals surface area contributed by atoms with Gasteiger partial charge in [0, 0.05) is 0 Å². The highest BCUT2D eigenvalue weighted by Gasteiger charge is 2.18. The van der Waals surface area contributed by atoms with Crippen LogP contribution in [0.15, 0.2) is 30.3 Å². The van der Waals surface area contributed by atoms with Gasteiger partial charge in [0.25, 0.3) is 0 Å². The van der Waals surface area contributed by atoms with Gasteiger partial charge >= 0.3 is 0 Å². The van der Waals surface area contributed by atoms with Gasteiger partial charge in [-0.15, -0.1) is 11.3 Å². The molecule has 1 N–H and O–H groups in total. The number of hydrogen-bond donors (Lipinski definition) is 1. The van der Waals surface area contributed by atoms with Gasteiger partial charge in [-0.25, -0.2) is 0 Å². The van der Waals surface area contributed by atoms with Crippen LogP contribution >= 0.6 is 11.3 Å². The molecule has 0 aliphatic heterocycles. The summed E-state index contributed by atoms with van der Waals surface area (Å²) in [5, 5.41) is 27.6. The maximum absolute atomic E-state index is 9.83. The first-order valence-electron chi connectivity index (χ1n) is 4.49. The number of nitrogens with zero attached hydrogens (tertiary/aromatic N) is 2. The number of benzene rings is 1. The van der Waals surface area contributed by atoms with Crippen LogP contribution in [0.25, 0.3) is 11.1 Å². The first kappa shape index (κ1) is 10.2. The van der Waals surface area contributed by atoms with Crippen LogP contribution in [0.5, 0.6) is 5.75 Å². The smallest absolute Gasteiger partial charge is 0.153 e. The molecular weight excluding hydrogens is 220 g/mol. The van der Waals surface area contributed by atoms with Crippen LogP contribution < -0.4 is 0 Å². The number of rotatable bonds is 1. The fraction of sp³-hybridized carbons (Fsp3) is 0. The molecule has 2 aromatic rings. The van der Waals surface area contributed by atoms with Crippen molar-refractivity contribution in [2.45, 2.75) is 0 Å². The molecule has 1 aromatic heterocycles. The lowest BCUT2D eigenvalue weighted by molar-refractivity contribution is 0.478. The van der Waals surface area contributed by atoms with Crippen LogP contribution in [0.4, 0.5) is 0 Å². The Morgan fingerprint density at radius 3 is 2.19 bits per heavy atom. The molecule has 0 saturated carbocycles. The van der Waals surface area contributed by atoms with Crippen LogP contribution in [-0.4, -0.2) is 5.11 Å². The second kappa shape index (κ2) is 4.06. The zero-order valence-corrected chi connectivity index (χ0v) is 8.95. The van der Waals surface area contributed by atoms with E-state index in [0.717, 1.165) is 16.9 Å². The van der Waals surface area contributed by atoms with E-state index in [0.29, 0.717) is 10.4 Å². The Morgan fingerprint density at radius 2 is 1.62 bits per heavy atom. The van der Waals surface area contributed by atoms with Crippen molar-refractivity contribution in [1.82, 2.24) is 0 Å². The molecule has 0 amide bonds. The number of hydrogen-bond acceptors (Lipinski definition) is 4. The first-order chi connectivity index (χ1) is 7.77. The van der Waals surface area contributed by atoms with E-state index in [9.17, 15) is 5.11 Å². The van der Waals surface area contributed by atoms with E-state index in [-0.39, 0.29) is 10.6 Å². The summed E-state index contributed by atoms with van der Waals surface area (Å²) >= 11 is 1.01. The molecule has 0 bridgehead atoms. The summed E-state index contributed by atoms with van der Waals surface area (Å²) in [5.41, 5.74) is 1.19. The third kappa shape index (κ3) is 1.52. The van der Waals surface area contributed by atoms with Gasteiger partial charge in [-0.3, -0.25) is 0 Å². The zero-order valence-electron chi connectivity index (χ0n) is 8.14. The van der Waals surface area contributed by atoms with Gasteiger partial charge in [0.15, 0.2) is 5.75 Å². The van der Waals surface area contributed by atoms with Gasteiger partial charge in [0.05, 0.1) is 5.56 Å². The standard InChI is InChI=1S/C12H6N2OS/c13-6-9-11(8-4-2-1-3-5-8)12(15)10(7-14)16-9/h1-5,15H. The minimum absolute atomic E-state index is 0.102. The first-order valence-corrected chi connectivity index (χ1v) is 5.31. The minimum Gasteiger partial charge on any atom is -0.505 e. The molecule has 0 fully saturated rings. The lowest BCUT2D eigenvalue weighted by atomic mass is 10.1. The highest BCUT2D eigenvalue weighted by Crippen LogP contribution is 2.40.